The minimum atomic E-state index is -3.89. The van der Waals surface area contributed by atoms with Gasteiger partial charge in [0.1, 0.15) is 18.3 Å². The summed E-state index contributed by atoms with van der Waals surface area (Å²) in [5.74, 6) is -0.544. The van der Waals surface area contributed by atoms with E-state index in [1.807, 2.05) is 20.8 Å². The fourth-order valence-corrected chi connectivity index (χ4v) is 4.90. The van der Waals surface area contributed by atoms with Crippen molar-refractivity contribution in [3.63, 3.8) is 0 Å². The molecule has 8 nitrogen and oxygen atoms in total. The van der Waals surface area contributed by atoms with Crippen molar-refractivity contribution in [2.24, 2.45) is 0 Å². The number of ether oxygens (including phenoxy) is 1. The van der Waals surface area contributed by atoms with Gasteiger partial charge in [0.05, 0.1) is 24.1 Å². The third-order valence-corrected chi connectivity index (χ3v) is 7.09. The number of halogens is 2. The van der Waals surface area contributed by atoms with Gasteiger partial charge in [0.15, 0.2) is 0 Å². The molecule has 0 fully saturated rings. The third kappa shape index (κ3) is 8.01. The average molecular weight is 559 g/mol. The molecule has 0 spiro atoms. The molecule has 0 saturated carbocycles. The summed E-state index contributed by atoms with van der Waals surface area (Å²) in [6.07, 6.45) is 1.31. The Kier molecular flexibility index (Phi) is 10.0. The molecule has 0 heterocycles. The summed E-state index contributed by atoms with van der Waals surface area (Å²) < 4.78 is 31.5. The summed E-state index contributed by atoms with van der Waals surface area (Å²) in [7, 11) is -2.44. The number of methoxy groups -OCH3 is 1. The first-order chi connectivity index (χ1) is 16.7. The Labute approximate surface area is 223 Å². The quantitative estimate of drug-likeness (QED) is 0.464. The van der Waals surface area contributed by atoms with Crippen LogP contribution in [0.1, 0.15) is 39.7 Å². The maximum absolute atomic E-state index is 13.7. The molecule has 0 aliphatic carbocycles. The monoisotopic (exact) mass is 557 g/mol. The maximum Gasteiger partial charge on any atom is 0.244 e. The first-order valence-corrected chi connectivity index (χ1v) is 13.9. The van der Waals surface area contributed by atoms with E-state index in [0.29, 0.717) is 22.8 Å². The third-order valence-electron chi connectivity index (χ3n) is 5.29. The molecular formula is C25H33Cl2N3O5S. The number of anilines is 1. The SMILES string of the molecule is CC[C@H](C(=O)NC(C)(C)C)N(Cc1ccccc1Cl)C(=O)CN(c1ccc(OC)c(Cl)c1)S(C)(=O)=O. The van der Waals surface area contributed by atoms with E-state index in [-0.39, 0.29) is 23.2 Å². The molecule has 11 heteroatoms. The maximum atomic E-state index is 13.7. The number of nitrogens with one attached hydrogen (secondary N) is 1. The van der Waals surface area contributed by atoms with Crippen molar-refractivity contribution >= 4 is 50.7 Å². The standard InChI is InChI=1S/C25H33Cl2N3O5S/c1-7-21(24(32)28-25(2,3)4)29(15-17-10-8-9-11-19(17)26)23(31)16-30(36(6,33)34)18-12-13-22(35-5)20(27)14-18/h8-14,21H,7,15-16H2,1-6H3,(H,28,32)/t21-/m1/s1. The van der Waals surface area contributed by atoms with Gasteiger partial charge in [-0.3, -0.25) is 13.9 Å². The van der Waals surface area contributed by atoms with Crippen LogP contribution in [0.2, 0.25) is 10.0 Å². The van der Waals surface area contributed by atoms with E-state index < -0.39 is 34.1 Å². The van der Waals surface area contributed by atoms with Gasteiger partial charge in [-0.1, -0.05) is 48.3 Å². The molecular weight excluding hydrogens is 525 g/mol. The summed E-state index contributed by atoms with van der Waals surface area (Å²) in [6, 6.07) is 10.6. The lowest BCUT2D eigenvalue weighted by Gasteiger charge is -2.34. The van der Waals surface area contributed by atoms with Crippen LogP contribution in [-0.2, 0) is 26.2 Å². The highest BCUT2D eigenvalue weighted by atomic mass is 35.5. The van der Waals surface area contributed by atoms with E-state index >= 15 is 0 Å². The van der Waals surface area contributed by atoms with Gasteiger partial charge in [-0.25, -0.2) is 8.42 Å². The minimum absolute atomic E-state index is 0.0234. The number of carbonyl (C=O) groups is 2. The van der Waals surface area contributed by atoms with Gasteiger partial charge in [-0.2, -0.15) is 0 Å². The number of carbonyl (C=O) groups excluding carboxylic acids is 2. The zero-order valence-electron chi connectivity index (χ0n) is 21.3. The molecule has 0 aromatic heterocycles. The second kappa shape index (κ2) is 12.2. The molecule has 0 unspecified atom stereocenters. The Hall–Kier alpha value is -2.49. The molecule has 2 aromatic rings. The van der Waals surface area contributed by atoms with Crippen molar-refractivity contribution in [3.8, 4) is 5.75 Å². The van der Waals surface area contributed by atoms with Crippen LogP contribution in [0.3, 0.4) is 0 Å². The zero-order chi connectivity index (χ0) is 27.3. The highest BCUT2D eigenvalue weighted by Gasteiger charge is 2.33. The van der Waals surface area contributed by atoms with Crippen molar-refractivity contribution in [3.05, 3.63) is 58.1 Å². The lowest BCUT2D eigenvalue weighted by molar-refractivity contribution is -0.141. The van der Waals surface area contributed by atoms with E-state index in [4.69, 9.17) is 27.9 Å². The summed E-state index contributed by atoms with van der Waals surface area (Å²) in [6.45, 7) is 6.81. The van der Waals surface area contributed by atoms with E-state index in [1.165, 1.54) is 30.2 Å². The lowest BCUT2D eigenvalue weighted by Crippen LogP contribution is -2.55. The molecule has 2 amide bonds. The van der Waals surface area contributed by atoms with Crippen LogP contribution in [0.5, 0.6) is 5.75 Å². The van der Waals surface area contributed by atoms with Gasteiger partial charge in [0.2, 0.25) is 21.8 Å². The Morgan fingerprint density at radius 2 is 1.72 bits per heavy atom. The number of benzene rings is 2. The van der Waals surface area contributed by atoms with Crippen LogP contribution < -0.4 is 14.4 Å². The molecule has 0 radical (unpaired) electrons. The predicted octanol–water partition coefficient (Wildman–Crippen LogP) is 4.49. The molecule has 0 aliphatic rings. The first kappa shape index (κ1) is 29.7. The Balaban J connectivity index is 2.50. The predicted molar refractivity (Wildman–Crippen MR) is 144 cm³/mol. The molecule has 1 N–H and O–H groups in total. The van der Waals surface area contributed by atoms with Crippen LogP contribution in [0, 0.1) is 0 Å². The average Bonchev–Trinajstić information content (AvgIpc) is 2.76. The Bertz CT molecular complexity index is 1200. The Morgan fingerprint density at radius 3 is 2.22 bits per heavy atom. The van der Waals surface area contributed by atoms with Crippen molar-refractivity contribution in [2.75, 3.05) is 24.2 Å². The molecule has 0 bridgehead atoms. The number of sulfonamides is 1. The molecule has 2 aromatic carbocycles. The summed E-state index contributed by atoms with van der Waals surface area (Å²) in [5, 5.41) is 3.54. The second-order valence-electron chi connectivity index (χ2n) is 9.36. The lowest BCUT2D eigenvalue weighted by atomic mass is 10.1. The van der Waals surface area contributed by atoms with Crippen LogP contribution in [0.25, 0.3) is 0 Å². The molecule has 1 atom stereocenters. The minimum Gasteiger partial charge on any atom is -0.495 e. The normalized spacial score (nSPS) is 12.6. The summed E-state index contributed by atoms with van der Waals surface area (Å²) >= 11 is 12.6. The van der Waals surface area contributed by atoms with Crippen molar-refractivity contribution in [1.29, 1.82) is 0 Å². The van der Waals surface area contributed by atoms with Gasteiger partial charge in [-0.05, 0) is 57.0 Å². The van der Waals surface area contributed by atoms with Crippen LogP contribution in [-0.4, -0.2) is 56.6 Å². The topological polar surface area (TPSA) is 96.0 Å². The van der Waals surface area contributed by atoms with Crippen molar-refractivity contribution < 1.29 is 22.7 Å². The highest BCUT2D eigenvalue weighted by molar-refractivity contribution is 7.92. The van der Waals surface area contributed by atoms with Crippen LogP contribution >= 0.6 is 23.2 Å². The number of hydrogen-bond donors (Lipinski definition) is 1. The molecule has 36 heavy (non-hydrogen) atoms. The van der Waals surface area contributed by atoms with Crippen LogP contribution in [0.15, 0.2) is 42.5 Å². The van der Waals surface area contributed by atoms with Crippen molar-refractivity contribution in [1.82, 2.24) is 10.2 Å². The highest BCUT2D eigenvalue weighted by Crippen LogP contribution is 2.30. The number of amides is 2. The van der Waals surface area contributed by atoms with E-state index in [9.17, 15) is 18.0 Å². The van der Waals surface area contributed by atoms with Gasteiger partial charge >= 0.3 is 0 Å². The number of rotatable bonds is 10. The zero-order valence-corrected chi connectivity index (χ0v) is 23.7. The molecule has 2 rings (SSSR count). The second-order valence-corrected chi connectivity index (χ2v) is 12.1. The van der Waals surface area contributed by atoms with E-state index in [2.05, 4.69) is 5.32 Å². The van der Waals surface area contributed by atoms with Gasteiger partial charge in [0, 0.05) is 17.1 Å². The van der Waals surface area contributed by atoms with Gasteiger partial charge in [-0.15, -0.1) is 0 Å². The molecule has 0 saturated heterocycles. The number of hydrogen-bond acceptors (Lipinski definition) is 5. The van der Waals surface area contributed by atoms with Gasteiger partial charge < -0.3 is 15.0 Å². The van der Waals surface area contributed by atoms with Crippen LogP contribution in [0.4, 0.5) is 5.69 Å². The summed E-state index contributed by atoms with van der Waals surface area (Å²) in [5.41, 5.74) is 0.303. The Morgan fingerprint density at radius 1 is 1.08 bits per heavy atom. The summed E-state index contributed by atoms with van der Waals surface area (Å²) in [4.78, 5) is 28.3. The largest absolute Gasteiger partial charge is 0.495 e. The number of nitrogens with zero attached hydrogens (tertiary/aromatic N) is 2. The fourth-order valence-electron chi connectivity index (χ4n) is 3.61. The van der Waals surface area contributed by atoms with E-state index in [1.54, 1.807) is 31.2 Å². The fraction of sp³-hybridized carbons (Fsp3) is 0.440. The molecule has 198 valence electrons. The van der Waals surface area contributed by atoms with Gasteiger partial charge in [0.25, 0.3) is 0 Å². The molecule has 0 aliphatic heterocycles. The van der Waals surface area contributed by atoms with E-state index in [0.717, 1.165) is 10.6 Å². The van der Waals surface area contributed by atoms with Crippen molar-refractivity contribution in [2.45, 2.75) is 52.2 Å². The smallest absolute Gasteiger partial charge is 0.244 e. The first-order valence-electron chi connectivity index (χ1n) is 11.3.